The Bertz CT molecular complexity index is 991. The van der Waals surface area contributed by atoms with Crippen LogP contribution in [-0.4, -0.2) is 18.0 Å². The number of para-hydroxylation sites is 1. The zero-order valence-electron chi connectivity index (χ0n) is 14.2. The van der Waals surface area contributed by atoms with Gasteiger partial charge in [0.05, 0.1) is 7.11 Å². The lowest BCUT2D eigenvalue weighted by atomic mass is 10.0. The summed E-state index contributed by atoms with van der Waals surface area (Å²) in [5.41, 5.74) is 1.78. The number of carbonyl (C=O) groups excluding carboxylic acids is 1. The Labute approximate surface area is 151 Å². The van der Waals surface area contributed by atoms with Crippen LogP contribution in [0, 0.1) is 0 Å². The second kappa shape index (κ2) is 7.98. The average molecular weight is 346 g/mol. The average Bonchev–Trinajstić information content (AvgIpc) is 2.68. The summed E-state index contributed by atoms with van der Waals surface area (Å²) in [5.74, 6) is 0.282. The first-order chi connectivity index (χ1) is 12.7. The Kier molecular flexibility index (Phi) is 5.29. The van der Waals surface area contributed by atoms with E-state index < -0.39 is 0 Å². The predicted molar refractivity (Wildman–Crippen MR) is 103 cm³/mol. The quantitative estimate of drug-likeness (QED) is 0.548. The van der Waals surface area contributed by atoms with Gasteiger partial charge in [-0.15, -0.1) is 0 Å². The molecule has 0 atom stereocenters. The van der Waals surface area contributed by atoms with Crippen molar-refractivity contribution in [1.29, 1.82) is 0 Å². The van der Waals surface area contributed by atoms with Crippen LogP contribution in [0.25, 0.3) is 11.6 Å². The van der Waals surface area contributed by atoms with E-state index in [2.05, 4.69) is 10.3 Å². The summed E-state index contributed by atoms with van der Waals surface area (Å²) in [6.45, 7) is 0. The number of methoxy groups -OCH3 is 1. The molecule has 0 saturated carbocycles. The highest BCUT2D eigenvalue weighted by Gasteiger charge is 2.14. The van der Waals surface area contributed by atoms with Gasteiger partial charge in [0.15, 0.2) is 0 Å². The molecule has 0 aliphatic heterocycles. The molecule has 2 aromatic carbocycles. The van der Waals surface area contributed by atoms with Crippen molar-refractivity contribution in [3.05, 3.63) is 94.4 Å². The minimum absolute atomic E-state index is 0.194. The summed E-state index contributed by atoms with van der Waals surface area (Å²) in [6.07, 6.45) is 3.27. The second-order valence-corrected chi connectivity index (χ2v) is 5.53. The summed E-state index contributed by atoms with van der Waals surface area (Å²) in [4.78, 5) is 27.3. The molecule has 0 fully saturated rings. The molecule has 5 nitrogen and oxygen atoms in total. The minimum Gasteiger partial charge on any atom is -0.496 e. The highest BCUT2D eigenvalue weighted by atomic mass is 16.5. The lowest BCUT2D eigenvalue weighted by Gasteiger charge is -2.11. The van der Waals surface area contributed by atoms with Crippen molar-refractivity contribution < 1.29 is 9.53 Å². The number of ether oxygens (including phenoxy) is 1. The van der Waals surface area contributed by atoms with Crippen LogP contribution in [-0.2, 0) is 4.79 Å². The summed E-state index contributed by atoms with van der Waals surface area (Å²) >= 11 is 0. The summed E-state index contributed by atoms with van der Waals surface area (Å²) in [7, 11) is 1.58. The van der Waals surface area contributed by atoms with Crippen molar-refractivity contribution in [3.8, 4) is 5.75 Å². The van der Waals surface area contributed by atoms with Crippen LogP contribution in [0.15, 0.2) is 77.7 Å². The number of anilines is 1. The number of hydrogen-bond donors (Lipinski definition) is 2. The number of benzene rings is 2. The monoisotopic (exact) mass is 346 g/mol. The van der Waals surface area contributed by atoms with Crippen LogP contribution in [0.3, 0.4) is 0 Å². The normalized spacial score (nSPS) is 11.0. The molecule has 26 heavy (non-hydrogen) atoms. The highest BCUT2D eigenvalue weighted by molar-refractivity contribution is 6.29. The van der Waals surface area contributed by atoms with Gasteiger partial charge < -0.3 is 15.0 Å². The van der Waals surface area contributed by atoms with E-state index in [1.54, 1.807) is 25.3 Å². The number of aromatic nitrogens is 1. The number of carbonyl (C=O) groups is 1. The smallest absolute Gasteiger partial charge is 0.271 e. The minimum atomic E-state index is -0.376. The van der Waals surface area contributed by atoms with Crippen molar-refractivity contribution in [2.45, 2.75) is 0 Å². The maximum Gasteiger partial charge on any atom is 0.271 e. The van der Waals surface area contributed by atoms with Crippen LogP contribution in [0.5, 0.6) is 5.75 Å². The number of nitrogens with one attached hydrogen (secondary N) is 2. The van der Waals surface area contributed by atoms with E-state index >= 15 is 0 Å². The van der Waals surface area contributed by atoms with Crippen LogP contribution < -0.4 is 15.6 Å². The number of aromatic amines is 1. The topological polar surface area (TPSA) is 71.2 Å². The van der Waals surface area contributed by atoms with E-state index in [0.29, 0.717) is 11.3 Å². The first kappa shape index (κ1) is 17.2. The molecular formula is C21H18N2O3. The largest absolute Gasteiger partial charge is 0.496 e. The molecule has 0 aliphatic rings. The molecule has 1 heterocycles. The third-order valence-corrected chi connectivity index (χ3v) is 3.83. The fourth-order valence-electron chi connectivity index (χ4n) is 2.55. The van der Waals surface area contributed by atoms with Crippen molar-refractivity contribution in [3.63, 3.8) is 0 Å². The van der Waals surface area contributed by atoms with Gasteiger partial charge in [-0.05, 0) is 29.8 Å². The molecule has 1 aromatic heterocycles. The molecule has 0 radical (unpaired) electrons. The summed E-state index contributed by atoms with van der Waals surface area (Å²) in [5, 5.41) is 2.67. The number of rotatable bonds is 5. The highest BCUT2D eigenvalue weighted by Crippen LogP contribution is 2.25. The van der Waals surface area contributed by atoms with Crippen molar-refractivity contribution >= 4 is 23.2 Å². The zero-order valence-corrected chi connectivity index (χ0v) is 14.2. The molecule has 130 valence electrons. The van der Waals surface area contributed by atoms with Crippen LogP contribution in [0.2, 0.25) is 0 Å². The van der Waals surface area contributed by atoms with Gasteiger partial charge in [0.2, 0.25) is 0 Å². The van der Waals surface area contributed by atoms with E-state index in [9.17, 15) is 9.59 Å². The third kappa shape index (κ3) is 3.89. The maximum atomic E-state index is 12.9. The van der Waals surface area contributed by atoms with Crippen LogP contribution in [0.4, 0.5) is 5.69 Å². The SMILES string of the molecule is COc1ccccc1/C=C(/C(=O)Nc1ccc[nH]c1=O)c1ccccc1. The van der Waals surface area contributed by atoms with Gasteiger partial charge in [0, 0.05) is 17.3 Å². The molecule has 0 saturated heterocycles. The number of pyridine rings is 1. The first-order valence-corrected chi connectivity index (χ1v) is 8.08. The van der Waals surface area contributed by atoms with Gasteiger partial charge in [-0.3, -0.25) is 9.59 Å². The van der Waals surface area contributed by atoms with E-state index in [1.807, 2.05) is 54.6 Å². The fraction of sp³-hybridized carbons (Fsp3) is 0.0476. The molecule has 1 amide bonds. The van der Waals surface area contributed by atoms with Crippen molar-refractivity contribution in [2.24, 2.45) is 0 Å². The maximum absolute atomic E-state index is 12.9. The van der Waals surface area contributed by atoms with Crippen molar-refractivity contribution in [1.82, 2.24) is 4.98 Å². The number of amides is 1. The van der Waals surface area contributed by atoms with Gasteiger partial charge in [-0.25, -0.2) is 0 Å². The Hall–Kier alpha value is -3.60. The summed E-state index contributed by atoms with van der Waals surface area (Å²) in [6, 6.07) is 19.9. The number of H-pyrrole nitrogens is 1. The van der Waals surface area contributed by atoms with Gasteiger partial charge in [0.1, 0.15) is 11.4 Å². The lowest BCUT2D eigenvalue weighted by molar-refractivity contribution is -0.111. The number of hydrogen-bond acceptors (Lipinski definition) is 3. The van der Waals surface area contributed by atoms with E-state index in [0.717, 1.165) is 11.1 Å². The first-order valence-electron chi connectivity index (χ1n) is 8.08. The predicted octanol–water partition coefficient (Wildman–Crippen LogP) is 3.56. The summed E-state index contributed by atoms with van der Waals surface area (Å²) < 4.78 is 5.37. The third-order valence-electron chi connectivity index (χ3n) is 3.83. The van der Waals surface area contributed by atoms with Gasteiger partial charge in [0.25, 0.3) is 11.5 Å². The van der Waals surface area contributed by atoms with E-state index in [1.165, 1.54) is 6.20 Å². The molecule has 0 aliphatic carbocycles. The Morgan fingerprint density at radius 1 is 1.00 bits per heavy atom. The standard InChI is InChI=1S/C21H18N2O3/c1-26-19-12-6-5-10-16(19)14-17(15-8-3-2-4-9-15)20(24)23-18-11-7-13-22-21(18)25/h2-14H,1H3,(H,22,25)(H,23,24)/b17-14+. The molecule has 0 bridgehead atoms. The molecule has 3 aromatic rings. The molecule has 5 heteroatoms. The Morgan fingerprint density at radius 3 is 2.46 bits per heavy atom. The lowest BCUT2D eigenvalue weighted by Crippen LogP contribution is -2.20. The second-order valence-electron chi connectivity index (χ2n) is 5.53. The molecule has 3 rings (SSSR count). The Morgan fingerprint density at radius 2 is 1.73 bits per heavy atom. The van der Waals surface area contributed by atoms with Crippen LogP contribution in [0.1, 0.15) is 11.1 Å². The van der Waals surface area contributed by atoms with Crippen molar-refractivity contribution in [2.75, 3.05) is 12.4 Å². The van der Waals surface area contributed by atoms with Crippen LogP contribution >= 0.6 is 0 Å². The fourth-order valence-corrected chi connectivity index (χ4v) is 2.55. The van der Waals surface area contributed by atoms with Gasteiger partial charge in [-0.2, -0.15) is 0 Å². The van der Waals surface area contributed by atoms with Gasteiger partial charge in [-0.1, -0.05) is 48.5 Å². The zero-order chi connectivity index (χ0) is 18.4. The molecule has 0 spiro atoms. The Balaban J connectivity index is 2.04. The van der Waals surface area contributed by atoms with Gasteiger partial charge >= 0.3 is 0 Å². The van der Waals surface area contributed by atoms with E-state index in [-0.39, 0.29) is 17.2 Å². The molecule has 0 unspecified atom stereocenters. The molecule has 2 N–H and O–H groups in total. The molecular weight excluding hydrogens is 328 g/mol. The van der Waals surface area contributed by atoms with E-state index in [4.69, 9.17) is 4.74 Å².